The van der Waals surface area contributed by atoms with E-state index in [-0.39, 0.29) is 23.9 Å². The summed E-state index contributed by atoms with van der Waals surface area (Å²) in [5.74, 6) is -1.20. The fourth-order valence-electron chi connectivity index (χ4n) is 2.88. The van der Waals surface area contributed by atoms with Crippen LogP contribution in [0.2, 0.25) is 0 Å². The molecule has 2 aromatic rings. The predicted molar refractivity (Wildman–Crippen MR) is 102 cm³/mol. The number of hydrazine groups is 2. The summed E-state index contributed by atoms with van der Waals surface area (Å²) in [4.78, 5) is 11.8. The van der Waals surface area contributed by atoms with Crippen LogP contribution in [0.15, 0.2) is 60.1 Å². The summed E-state index contributed by atoms with van der Waals surface area (Å²) in [6.07, 6.45) is -4.86. The smallest absolute Gasteiger partial charge is 0.497 e. The van der Waals surface area contributed by atoms with Crippen LogP contribution in [0.1, 0.15) is 12.5 Å². The number of aliphatic carboxylic acids is 1. The van der Waals surface area contributed by atoms with Gasteiger partial charge in [0.15, 0.2) is 5.70 Å². The fraction of sp³-hybridized carbons (Fsp3) is 0.250. The molecule has 31 heavy (non-hydrogen) atoms. The van der Waals surface area contributed by atoms with E-state index in [4.69, 9.17) is 9.47 Å². The summed E-state index contributed by atoms with van der Waals surface area (Å²) >= 11 is 0. The maximum atomic E-state index is 12.5. The van der Waals surface area contributed by atoms with Gasteiger partial charge in [0.05, 0.1) is 13.7 Å². The van der Waals surface area contributed by atoms with E-state index in [0.717, 1.165) is 17.7 Å². The number of hydrogen-bond acceptors (Lipinski definition) is 7. The number of hydrogen-bond donors (Lipinski definition) is 2. The minimum Gasteiger partial charge on any atom is -0.497 e. The van der Waals surface area contributed by atoms with Gasteiger partial charge in [0.25, 0.3) is 0 Å². The molecule has 0 unspecified atom stereocenters. The number of benzene rings is 2. The molecule has 2 aromatic carbocycles. The zero-order valence-corrected chi connectivity index (χ0v) is 16.6. The van der Waals surface area contributed by atoms with E-state index in [0.29, 0.717) is 12.3 Å². The summed E-state index contributed by atoms with van der Waals surface area (Å²) in [6, 6.07) is 12.0. The maximum Gasteiger partial charge on any atom is 0.573 e. The number of rotatable bonds is 8. The average Bonchev–Trinajstić information content (AvgIpc) is 3.05. The Hall–Kier alpha value is -3.60. The second-order valence-electron chi connectivity index (χ2n) is 6.34. The lowest BCUT2D eigenvalue weighted by Crippen LogP contribution is -2.43. The normalized spacial score (nSPS) is 14.4. The molecule has 0 aromatic heterocycles. The third kappa shape index (κ3) is 5.51. The first kappa shape index (κ1) is 22.1. The highest BCUT2D eigenvalue weighted by molar-refractivity contribution is 5.86. The second-order valence-corrected chi connectivity index (χ2v) is 6.34. The van der Waals surface area contributed by atoms with Crippen molar-refractivity contribution >= 4 is 5.97 Å². The molecule has 1 aliphatic heterocycles. The first-order valence-corrected chi connectivity index (χ1v) is 9.16. The van der Waals surface area contributed by atoms with Gasteiger partial charge in [-0.25, -0.2) is 4.79 Å². The van der Waals surface area contributed by atoms with Crippen LogP contribution < -0.4 is 19.6 Å². The number of carboxylic acids is 1. The standard InChI is InChI=1S/C20H20F3N3O5/c1-3-26-24-17(19(27)28)18(25(26)12-13-7-9-14(29-2)10-8-13)30-15-5-4-6-16(11-15)31-20(21,22)23/h4-11,24H,3,12H2,1-2H3,(H,27,28). The van der Waals surface area contributed by atoms with Crippen molar-refractivity contribution < 1.29 is 37.3 Å². The van der Waals surface area contributed by atoms with Crippen molar-refractivity contribution in [2.24, 2.45) is 0 Å². The molecule has 0 fully saturated rings. The molecule has 2 N–H and O–H groups in total. The van der Waals surface area contributed by atoms with Gasteiger partial charge < -0.3 is 19.3 Å². The highest BCUT2D eigenvalue weighted by atomic mass is 19.4. The maximum absolute atomic E-state index is 12.5. The third-order valence-electron chi connectivity index (χ3n) is 4.24. The molecule has 1 aliphatic rings. The van der Waals surface area contributed by atoms with Gasteiger partial charge in [-0.2, -0.15) is 0 Å². The number of halogens is 3. The largest absolute Gasteiger partial charge is 0.573 e. The first-order chi connectivity index (χ1) is 14.7. The lowest BCUT2D eigenvalue weighted by atomic mass is 10.2. The van der Waals surface area contributed by atoms with E-state index in [9.17, 15) is 23.1 Å². The molecule has 166 valence electrons. The number of nitrogens with one attached hydrogen (secondary N) is 1. The number of methoxy groups -OCH3 is 1. The van der Waals surface area contributed by atoms with Gasteiger partial charge in [-0.3, -0.25) is 10.4 Å². The van der Waals surface area contributed by atoms with E-state index in [1.165, 1.54) is 17.3 Å². The topological polar surface area (TPSA) is 83.5 Å². The number of ether oxygens (including phenoxy) is 3. The van der Waals surface area contributed by atoms with Gasteiger partial charge in [0, 0.05) is 12.6 Å². The molecular formula is C20H20F3N3O5. The summed E-state index contributed by atoms with van der Waals surface area (Å²) in [5, 5.41) is 12.7. The van der Waals surface area contributed by atoms with Crippen molar-refractivity contribution in [2.75, 3.05) is 13.7 Å². The molecule has 3 rings (SSSR count). The van der Waals surface area contributed by atoms with Crippen molar-refractivity contribution in [3.8, 4) is 17.2 Å². The molecule has 0 aliphatic carbocycles. The van der Waals surface area contributed by atoms with Crippen LogP contribution in [-0.4, -0.2) is 41.2 Å². The Bertz CT molecular complexity index is 963. The Morgan fingerprint density at radius 2 is 1.77 bits per heavy atom. The van der Waals surface area contributed by atoms with Crippen LogP contribution in [0.4, 0.5) is 13.2 Å². The summed E-state index contributed by atoms with van der Waals surface area (Å²) in [7, 11) is 1.54. The van der Waals surface area contributed by atoms with E-state index >= 15 is 0 Å². The SMILES string of the molecule is CCN1NC(C(=O)O)=C(Oc2cccc(OC(F)(F)F)c2)N1Cc1ccc(OC)cc1. The van der Waals surface area contributed by atoms with E-state index in [1.807, 2.05) is 0 Å². The molecule has 0 radical (unpaired) electrons. The monoisotopic (exact) mass is 439 g/mol. The lowest BCUT2D eigenvalue weighted by molar-refractivity contribution is -0.274. The fourth-order valence-corrected chi connectivity index (χ4v) is 2.88. The average molecular weight is 439 g/mol. The van der Waals surface area contributed by atoms with Gasteiger partial charge in [0.2, 0.25) is 5.88 Å². The Labute approximate surface area is 176 Å². The van der Waals surface area contributed by atoms with Crippen LogP contribution in [0, 0.1) is 0 Å². The van der Waals surface area contributed by atoms with Crippen LogP contribution in [-0.2, 0) is 11.3 Å². The van der Waals surface area contributed by atoms with E-state index < -0.39 is 18.1 Å². The van der Waals surface area contributed by atoms with Crippen molar-refractivity contribution in [3.63, 3.8) is 0 Å². The summed E-state index contributed by atoms with van der Waals surface area (Å²) in [6.45, 7) is 2.42. The van der Waals surface area contributed by atoms with Gasteiger partial charge in [-0.05, 0) is 36.8 Å². The van der Waals surface area contributed by atoms with Crippen molar-refractivity contribution in [3.05, 3.63) is 65.7 Å². The number of alkyl halides is 3. The zero-order chi connectivity index (χ0) is 22.6. The van der Waals surface area contributed by atoms with Crippen molar-refractivity contribution in [2.45, 2.75) is 19.8 Å². The number of carbonyl (C=O) groups is 1. The highest BCUT2D eigenvalue weighted by Gasteiger charge is 2.35. The molecule has 0 spiro atoms. The molecule has 0 saturated carbocycles. The Morgan fingerprint density at radius 1 is 1.10 bits per heavy atom. The molecule has 0 atom stereocenters. The zero-order valence-electron chi connectivity index (χ0n) is 16.6. The van der Waals surface area contributed by atoms with Crippen LogP contribution in [0.5, 0.6) is 17.2 Å². The molecule has 8 nitrogen and oxygen atoms in total. The Kier molecular flexibility index (Phi) is 6.44. The van der Waals surface area contributed by atoms with Crippen molar-refractivity contribution in [1.29, 1.82) is 0 Å². The Balaban J connectivity index is 1.90. The van der Waals surface area contributed by atoms with Gasteiger partial charge in [0.1, 0.15) is 17.2 Å². The predicted octanol–water partition coefficient (Wildman–Crippen LogP) is 3.48. The van der Waals surface area contributed by atoms with Gasteiger partial charge in [-0.1, -0.05) is 18.2 Å². The van der Waals surface area contributed by atoms with Crippen LogP contribution >= 0.6 is 0 Å². The summed E-state index contributed by atoms with van der Waals surface area (Å²) < 4.78 is 52.3. The minimum atomic E-state index is -4.86. The van der Waals surface area contributed by atoms with E-state index in [1.54, 1.807) is 43.3 Å². The van der Waals surface area contributed by atoms with Gasteiger partial charge >= 0.3 is 12.3 Å². The molecule has 1 heterocycles. The molecule has 0 saturated heterocycles. The second kappa shape index (κ2) is 9.04. The lowest BCUT2D eigenvalue weighted by Gasteiger charge is -2.29. The molecule has 0 bridgehead atoms. The molecule has 11 heteroatoms. The minimum absolute atomic E-state index is 0.0185. The molecular weight excluding hydrogens is 419 g/mol. The van der Waals surface area contributed by atoms with Gasteiger partial charge in [-0.15, -0.1) is 18.3 Å². The molecule has 0 amide bonds. The van der Waals surface area contributed by atoms with Crippen molar-refractivity contribution in [1.82, 2.24) is 15.6 Å². The van der Waals surface area contributed by atoms with Crippen LogP contribution in [0.3, 0.4) is 0 Å². The van der Waals surface area contributed by atoms with E-state index in [2.05, 4.69) is 10.2 Å². The number of carboxylic acid groups (broad SMARTS) is 1. The quantitative estimate of drug-likeness (QED) is 0.647. The number of nitrogens with zero attached hydrogens (tertiary/aromatic N) is 2. The first-order valence-electron chi connectivity index (χ1n) is 9.16. The van der Waals surface area contributed by atoms with Crippen LogP contribution in [0.25, 0.3) is 0 Å². The highest BCUT2D eigenvalue weighted by Crippen LogP contribution is 2.30. The Morgan fingerprint density at radius 3 is 2.35 bits per heavy atom. The third-order valence-corrected chi connectivity index (χ3v) is 4.24. The summed E-state index contributed by atoms with van der Waals surface area (Å²) in [5.41, 5.74) is 3.30.